The molecule has 148 valence electrons. The number of fused-ring (bicyclic) bond motifs is 1. The standard InChI is InChI=1S/C22H18N6O2/c1-14(29)24-16-7-3-8-17(13-16)25-20-11-10-19(27-28-20)22(30)26-18-9-2-5-15-6-4-12-23-21(15)18/h2-13H,1H3,(H,24,29)(H,25,28)(H,26,30). The highest BCUT2D eigenvalue weighted by molar-refractivity contribution is 6.07. The summed E-state index contributed by atoms with van der Waals surface area (Å²) < 4.78 is 0. The molecule has 0 unspecified atom stereocenters. The Labute approximate surface area is 172 Å². The van der Waals surface area contributed by atoms with Gasteiger partial charge in [0.15, 0.2) is 11.5 Å². The zero-order valence-corrected chi connectivity index (χ0v) is 16.1. The molecule has 0 spiro atoms. The predicted octanol–water partition coefficient (Wildman–Crippen LogP) is 3.98. The Morgan fingerprint density at radius 1 is 0.833 bits per heavy atom. The van der Waals surface area contributed by atoms with Crippen LogP contribution in [0.2, 0.25) is 0 Å². The van der Waals surface area contributed by atoms with Gasteiger partial charge in [0.25, 0.3) is 5.91 Å². The molecule has 0 radical (unpaired) electrons. The lowest BCUT2D eigenvalue weighted by Crippen LogP contribution is -2.15. The number of carbonyl (C=O) groups is 2. The fourth-order valence-electron chi connectivity index (χ4n) is 2.94. The van der Waals surface area contributed by atoms with Crippen molar-refractivity contribution in [2.75, 3.05) is 16.0 Å². The van der Waals surface area contributed by atoms with Gasteiger partial charge in [-0.25, -0.2) is 0 Å². The number of hydrogen-bond donors (Lipinski definition) is 3. The van der Waals surface area contributed by atoms with E-state index in [0.717, 1.165) is 11.1 Å². The van der Waals surface area contributed by atoms with E-state index in [1.165, 1.54) is 6.92 Å². The molecule has 2 aromatic carbocycles. The molecule has 2 heterocycles. The van der Waals surface area contributed by atoms with Crippen molar-refractivity contribution in [3.05, 3.63) is 78.6 Å². The summed E-state index contributed by atoms with van der Waals surface area (Å²) in [6, 6.07) is 19.8. The summed E-state index contributed by atoms with van der Waals surface area (Å²) in [5.41, 5.74) is 2.89. The van der Waals surface area contributed by atoms with Crippen LogP contribution in [0.25, 0.3) is 10.9 Å². The molecule has 8 nitrogen and oxygen atoms in total. The number of amides is 2. The zero-order valence-electron chi connectivity index (χ0n) is 16.1. The highest BCUT2D eigenvalue weighted by atomic mass is 16.2. The minimum Gasteiger partial charge on any atom is -0.339 e. The zero-order chi connectivity index (χ0) is 20.9. The summed E-state index contributed by atoms with van der Waals surface area (Å²) in [5.74, 6) is -0.0538. The lowest BCUT2D eigenvalue weighted by Gasteiger charge is -2.09. The van der Waals surface area contributed by atoms with Gasteiger partial charge in [-0.05, 0) is 42.5 Å². The molecular formula is C22H18N6O2. The van der Waals surface area contributed by atoms with E-state index in [-0.39, 0.29) is 17.5 Å². The molecular weight excluding hydrogens is 380 g/mol. The molecule has 0 fully saturated rings. The van der Waals surface area contributed by atoms with Crippen LogP contribution < -0.4 is 16.0 Å². The number of carbonyl (C=O) groups excluding carboxylic acids is 2. The lowest BCUT2D eigenvalue weighted by atomic mass is 10.2. The van der Waals surface area contributed by atoms with E-state index in [1.54, 1.807) is 42.6 Å². The van der Waals surface area contributed by atoms with Crippen LogP contribution in [-0.2, 0) is 4.79 Å². The quantitative estimate of drug-likeness (QED) is 0.469. The molecule has 4 rings (SSSR count). The van der Waals surface area contributed by atoms with Crippen LogP contribution in [0, 0.1) is 0 Å². The summed E-state index contributed by atoms with van der Waals surface area (Å²) in [6.07, 6.45) is 1.68. The number of benzene rings is 2. The first-order chi connectivity index (χ1) is 14.6. The molecule has 3 N–H and O–H groups in total. The molecule has 0 atom stereocenters. The fourth-order valence-corrected chi connectivity index (χ4v) is 2.94. The van der Waals surface area contributed by atoms with Gasteiger partial charge in [0.1, 0.15) is 0 Å². The summed E-state index contributed by atoms with van der Waals surface area (Å²) in [4.78, 5) is 28.1. The number of hydrogen-bond acceptors (Lipinski definition) is 6. The normalized spacial score (nSPS) is 10.4. The van der Waals surface area contributed by atoms with Crippen molar-refractivity contribution >= 4 is 45.6 Å². The molecule has 0 bridgehead atoms. The van der Waals surface area contributed by atoms with Crippen LogP contribution in [0.15, 0.2) is 72.9 Å². The predicted molar refractivity (Wildman–Crippen MR) is 116 cm³/mol. The topological polar surface area (TPSA) is 109 Å². The van der Waals surface area contributed by atoms with Crippen LogP contribution in [0.3, 0.4) is 0 Å². The average Bonchev–Trinajstić information content (AvgIpc) is 2.74. The number of nitrogens with one attached hydrogen (secondary N) is 3. The highest BCUT2D eigenvalue weighted by Crippen LogP contribution is 2.22. The Bertz CT molecular complexity index is 1220. The first-order valence-electron chi connectivity index (χ1n) is 9.22. The van der Waals surface area contributed by atoms with Crippen molar-refractivity contribution in [3.63, 3.8) is 0 Å². The number of para-hydroxylation sites is 1. The Morgan fingerprint density at radius 3 is 2.43 bits per heavy atom. The van der Waals surface area contributed by atoms with E-state index in [4.69, 9.17) is 0 Å². The molecule has 2 amide bonds. The van der Waals surface area contributed by atoms with E-state index >= 15 is 0 Å². The third-order valence-corrected chi connectivity index (χ3v) is 4.23. The molecule has 0 aliphatic rings. The van der Waals surface area contributed by atoms with E-state index in [9.17, 15) is 9.59 Å². The van der Waals surface area contributed by atoms with Crippen molar-refractivity contribution < 1.29 is 9.59 Å². The van der Waals surface area contributed by atoms with Gasteiger partial charge >= 0.3 is 0 Å². The summed E-state index contributed by atoms with van der Waals surface area (Å²) >= 11 is 0. The van der Waals surface area contributed by atoms with Gasteiger partial charge in [0.2, 0.25) is 5.91 Å². The summed E-state index contributed by atoms with van der Waals surface area (Å²) in [7, 11) is 0. The van der Waals surface area contributed by atoms with Crippen molar-refractivity contribution in [3.8, 4) is 0 Å². The number of nitrogens with zero attached hydrogens (tertiary/aromatic N) is 3. The van der Waals surface area contributed by atoms with E-state index in [1.807, 2.05) is 30.3 Å². The lowest BCUT2D eigenvalue weighted by molar-refractivity contribution is -0.114. The molecule has 0 saturated carbocycles. The molecule has 2 aromatic heterocycles. The maximum Gasteiger partial charge on any atom is 0.276 e. The highest BCUT2D eigenvalue weighted by Gasteiger charge is 2.11. The molecule has 0 aliphatic carbocycles. The van der Waals surface area contributed by atoms with Gasteiger partial charge in [-0.1, -0.05) is 24.3 Å². The Morgan fingerprint density at radius 2 is 1.63 bits per heavy atom. The average molecular weight is 398 g/mol. The van der Waals surface area contributed by atoms with E-state index in [2.05, 4.69) is 31.1 Å². The van der Waals surface area contributed by atoms with Crippen molar-refractivity contribution in [2.24, 2.45) is 0 Å². The van der Waals surface area contributed by atoms with E-state index < -0.39 is 0 Å². The van der Waals surface area contributed by atoms with Crippen LogP contribution in [0.1, 0.15) is 17.4 Å². The van der Waals surface area contributed by atoms with Crippen LogP contribution >= 0.6 is 0 Å². The molecule has 30 heavy (non-hydrogen) atoms. The van der Waals surface area contributed by atoms with Crippen molar-refractivity contribution in [2.45, 2.75) is 6.92 Å². The smallest absolute Gasteiger partial charge is 0.276 e. The second kappa shape index (κ2) is 8.36. The van der Waals surface area contributed by atoms with Gasteiger partial charge in [0.05, 0.1) is 11.2 Å². The SMILES string of the molecule is CC(=O)Nc1cccc(Nc2ccc(C(=O)Nc3cccc4cccnc34)nn2)c1. The first-order valence-corrected chi connectivity index (χ1v) is 9.22. The van der Waals surface area contributed by atoms with Gasteiger partial charge in [-0.3, -0.25) is 14.6 Å². The minimum absolute atomic E-state index is 0.149. The van der Waals surface area contributed by atoms with Crippen LogP contribution in [0.4, 0.5) is 22.9 Å². The minimum atomic E-state index is -0.375. The van der Waals surface area contributed by atoms with Gasteiger partial charge in [-0.2, -0.15) is 0 Å². The monoisotopic (exact) mass is 398 g/mol. The largest absolute Gasteiger partial charge is 0.339 e. The Hall–Kier alpha value is -4.33. The van der Waals surface area contributed by atoms with Crippen LogP contribution in [0.5, 0.6) is 0 Å². The second-order valence-corrected chi connectivity index (χ2v) is 6.53. The molecule has 0 aliphatic heterocycles. The fraction of sp³-hybridized carbons (Fsp3) is 0.0455. The summed E-state index contributed by atoms with van der Waals surface area (Å²) in [6.45, 7) is 1.45. The van der Waals surface area contributed by atoms with Crippen molar-refractivity contribution in [1.29, 1.82) is 0 Å². The van der Waals surface area contributed by atoms with Crippen molar-refractivity contribution in [1.82, 2.24) is 15.2 Å². The van der Waals surface area contributed by atoms with Crippen LogP contribution in [-0.4, -0.2) is 27.0 Å². The number of aromatic nitrogens is 3. The molecule has 4 aromatic rings. The Balaban J connectivity index is 1.47. The number of rotatable bonds is 5. The molecule has 0 saturated heterocycles. The third-order valence-electron chi connectivity index (χ3n) is 4.23. The van der Waals surface area contributed by atoms with Gasteiger partial charge in [0, 0.05) is 29.9 Å². The van der Waals surface area contributed by atoms with Gasteiger partial charge < -0.3 is 16.0 Å². The number of anilines is 4. The maximum atomic E-state index is 12.6. The van der Waals surface area contributed by atoms with Gasteiger partial charge in [-0.15, -0.1) is 10.2 Å². The maximum absolute atomic E-state index is 12.6. The number of pyridine rings is 1. The second-order valence-electron chi connectivity index (χ2n) is 6.53. The van der Waals surface area contributed by atoms with E-state index in [0.29, 0.717) is 22.7 Å². The summed E-state index contributed by atoms with van der Waals surface area (Å²) in [5, 5.41) is 17.6. The Kier molecular flexibility index (Phi) is 5.29. The molecule has 8 heteroatoms. The third kappa shape index (κ3) is 4.39. The first kappa shape index (κ1) is 19.0.